The number of aromatic nitrogens is 4. The Labute approximate surface area is 447 Å². The Balaban J connectivity index is 0.000000163. The van der Waals surface area contributed by atoms with Gasteiger partial charge in [-0.1, -0.05) is 34.8 Å². The number of carboxylic acids is 1. The van der Waals surface area contributed by atoms with Crippen molar-refractivity contribution in [3.05, 3.63) is 177 Å². The molecule has 0 bridgehead atoms. The average Bonchev–Trinajstić information content (AvgIpc) is 4.11. The van der Waals surface area contributed by atoms with Gasteiger partial charge >= 0.3 is 17.9 Å². The maximum absolute atomic E-state index is 12.2. The lowest BCUT2D eigenvalue weighted by molar-refractivity contribution is -0.152. The van der Waals surface area contributed by atoms with E-state index < -0.39 is 17.9 Å². The van der Waals surface area contributed by atoms with Gasteiger partial charge in [0.25, 0.3) is 0 Å². The van der Waals surface area contributed by atoms with Gasteiger partial charge in [-0.05, 0) is 127 Å². The molecule has 0 radical (unpaired) electrons. The van der Waals surface area contributed by atoms with Crippen LogP contribution in [-0.2, 0) is 36.8 Å². The predicted molar refractivity (Wildman–Crippen MR) is 292 cm³/mol. The standard InChI is InChI=1S/C21H16ClN3O2S.C11H10N2O.C10H8ClNO2S.C6H6ClNS.C4H4O3/c22-14-3-8-19-18(12-14)25-21(28-19)10-9-20(26)24-15-4-6-16(7-5-15)27-17-2-1-11-23-13-17;12-9-3-5-10(6-4-9)14-11-2-1-7-13-8-11;11-6-1-2-8-7(5-6)12-9(15-8)3-4-10(13)14;7-4-1-2-6(9)5(8)3-4;5-3-1-2-4(6)7-3/h1-8,11-13H,9-10H2,(H,24,26);1-8H,12H2;1-2,5H,3-4H2,(H,13,14);1-3,9H,8H2;1-2H2. The highest BCUT2D eigenvalue weighted by atomic mass is 35.5. The zero-order valence-electron chi connectivity index (χ0n) is 38.3. The number of nitrogen functional groups attached to an aromatic ring is 2. The van der Waals surface area contributed by atoms with E-state index in [-0.39, 0.29) is 25.2 Å². The van der Waals surface area contributed by atoms with Crippen LogP contribution < -0.4 is 26.3 Å². The van der Waals surface area contributed by atoms with Gasteiger partial charge in [-0.25, -0.2) is 9.97 Å². The number of thiazole rings is 2. The average molecular weight is 1100 g/mol. The number of carbonyl (C=O) groups excluding carboxylic acids is 3. The second-order valence-corrected chi connectivity index (χ2v) is 19.1. The summed E-state index contributed by atoms with van der Waals surface area (Å²) in [6, 6.07) is 38.1. The summed E-state index contributed by atoms with van der Waals surface area (Å²) in [6.45, 7) is 0. The molecule has 0 unspecified atom stereocenters. The van der Waals surface area contributed by atoms with Gasteiger partial charge in [0.1, 0.15) is 23.0 Å². The third kappa shape index (κ3) is 19.3. The molecule has 1 aliphatic heterocycles. The normalized spacial score (nSPS) is 11.3. The van der Waals surface area contributed by atoms with Crippen molar-refractivity contribution in [1.82, 2.24) is 19.9 Å². The van der Waals surface area contributed by atoms with E-state index >= 15 is 0 Å². The molecule has 1 fully saturated rings. The number of ether oxygens (including phenoxy) is 3. The number of hydrogen-bond acceptors (Lipinski definition) is 16. The largest absolute Gasteiger partial charge is 0.481 e. The van der Waals surface area contributed by atoms with Gasteiger partial charge in [-0.15, -0.1) is 35.3 Å². The molecule has 374 valence electrons. The first-order chi connectivity index (χ1) is 35.1. The van der Waals surface area contributed by atoms with Crippen molar-refractivity contribution in [3.8, 4) is 23.0 Å². The lowest BCUT2D eigenvalue weighted by Gasteiger charge is -2.07. The number of rotatable bonds is 11. The Morgan fingerprint density at radius 3 is 1.56 bits per heavy atom. The van der Waals surface area contributed by atoms with E-state index in [1.165, 1.54) is 11.3 Å². The third-order valence-electron chi connectivity index (χ3n) is 9.42. The van der Waals surface area contributed by atoms with Gasteiger partial charge in [0.05, 0.1) is 62.1 Å². The van der Waals surface area contributed by atoms with Crippen molar-refractivity contribution in [1.29, 1.82) is 0 Å². The molecule has 1 amide bonds. The molecule has 0 saturated carbocycles. The van der Waals surface area contributed by atoms with E-state index in [0.29, 0.717) is 51.5 Å². The Bertz CT molecular complexity index is 3250. The molecule has 6 N–H and O–H groups in total. The summed E-state index contributed by atoms with van der Waals surface area (Å²) in [4.78, 5) is 60.2. The molecular formula is C52H44Cl3N7O8S3. The third-order valence-corrected chi connectivity index (χ3v) is 12.7. The van der Waals surface area contributed by atoms with E-state index in [2.05, 4.69) is 42.6 Å². The number of pyridine rings is 2. The van der Waals surface area contributed by atoms with Crippen molar-refractivity contribution in [2.24, 2.45) is 0 Å². The first-order valence-corrected chi connectivity index (χ1v) is 25.1. The van der Waals surface area contributed by atoms with Gasteiger partial charge in [-0.2, -0.15) is 0 Å². The minimum absolute atomic E-state index is 0.0572. The number of aliphatic carboxylic acids is 1. The lowest BCUT2D eigenvalue weighted by Crippen LogP contribution is -2.12. The number of hydrogen-bond donors (Lipinski definition) is 5. The fourth-order valence-electron chi connectivity index (χ4n) is 5.96. The number of cyclic esters (lactones) is 2. The van der Waals surface area contributed by atoms with Crippen molar-refractivity contribution < 1.29 is 38.5 Å². The number of nitrogens with zero attached hydrogens (tertiary/aromatic N) is 4. The minimum Gasteiger partial charge on any atom is -0.481 e. The predicted octanol–water partition coefficient (Wildman–Crippen LogP) is 13.2. The number of benzene rings is 5. The van der Waals surface area contributed by atoms with Crippen LogP contribution in [0.5, 0.6) is 23.0 Å². The highest BCUT2D eigenvalue weighted by molar-refractivity contribution is 7.80. The first-order valence-electron chi connectivity index (χ1n) is 21.8. The molecule has 5 heterocycles. The van der Waals surface area contributed by atoms with Crippen LogP contribution in [0, 0.1) is 0 Å². The Morgan fingerprint density at radius 1 is 0.644 bits per heavy atom. The number of halogens is 3. The van der Waals surface area contributed by atoms with Crippen LogP contribution in [-0.4, -0.2) is 48.9 Å². The molecule has 0 spiro atoms. The zero-order valence-corrected chi connectivity index (χ0v) is 43.1. The summed E-state index contributed by atoms with van der Waals surface area (Å²) in [5, 5.41) is 15.2. The number of nitrogens with two attached hydrogens (primary N) is 2. The van der Waals surface area contributed by atoms with Gasteiger partial charge in [-0.3, -0.25) is 29.1 Å². The van der Waals surface area contributed by atoms with Crippen molar-refractivity contribution in [3.63, 3.8) is 0 Å². The molecule has 4 aromatic heterocycles. The topological polar surface area (TPSA) is 232 Å². The fraction of sp³-hybridized carbons (Fsp3) is 0.115. The van der Waals surface area contributed by atoms with Crippen LogP contribution in [0.3, 0.4) is 0 Å². The number of aryl methyl sites for hydroxylation is 2. The number of carboxylic acid groups (broad SMARTS) is 1. The summed E-state index contributed by atoms with van der Waals surface area (Å²) in [6.07, 6.45) is 8.77. The molecule has 0 aliphatic carbocycles. The zero-order chi connectivity index (χ0) is 52.1. The second-order valence-electron chi connectivity index (χ2n) is 15.1. The number of thiol groups is 1. The maximum Gasteiger partial charge on any atom is 0.314 e. The summed E-state index contributed by atoms with van der Waals surface area (Å²) >= 11 is 24.6. The van der Waals surface area contributed by atoms with Crippen LogP contribution in [0.25, 0.3) is 20.4 Å². The SMILES string of the molecule is Nc1cc(Cl)ccc1S.Nc1ccc(Oc2cccnc2)cc1.O=C(CCc1nc2cc(Cl)ccc2s1)Nc1ccc(Oc2cccnc2)cc1.O=C(O)CCc1nc2cc(Cl)ccc2s1.O=C1CCC(=O)O1. The van der Waals surface area contributed by atoms with E-state index in [9.17, 15) is 19.2 Å². The monoisotopic (exact) mass is 1100 g/mol. The fourth-order valence-corrected chi connectivity index (χ4v) is 8.50. The van der Waals surface area contributed by atoms with E-state index in [1.54, 1.807) is 84.7 Å². The molecule has 0 atom stereocenters. The van der Waals surface area contributed by atoms with Crippen LogP contribution >= 0.6 is 70.1 Å². The highest BCUT2D eigenvalue weighted by Crippen LogP contribution is 2.28. The number of fused-ring (bicyclic) bond motifs is 2. The van der Waals surface area contributed by atoms with Crippen LogP contribution in [0.2, 0.25) is 15.1 Å². The molecule has 21 heteroatoms. The Hall–Kier alpha value is -7.32. The number of anilines is 3. The van der Waals surface area contributed by atoms with E-state index in [0.717, 1.165) is 58.2 Å². The van der Waals surface area contributed by atoms with Gasteiger partial charge in [0.2, 0.25) is 5.91 Å². The smallest absolute Gasteiger partial charge is 0.314 e. The number of carbonyl (C=O) groups is 4. The van der Waals surface area contributed by atoms with Gasteiger partial charge < -0.3 is 36.1 Å². The molecule has 1 aliphatic rings. The lowest BCUT2D eigenvalue weighted by atomic mass is 10.2. The van der Waals surface area contributed by atoms with Crippen LogP contribution in [0.1, 0.15) is 35.7 Å². The number of nitrogens with one attached hydrogen (secondary N) is 1. The first kappa shape index (κ1) is 55.0. The van der Waals surface area contributed by atoms with Crippen molar-refractivity contribution in [2.45, 2.75) is 43.4 Å². The van der Waals surface area contributed by atoms with Gasteiger partial charge in [0.15, 0.2) is 0 Å². The van der Waals surface area contributed by atoms with Gasteiger partial charge in [0, 0.05) is 68.7 Å². The van der Waals surface area contributed by atoms with Crippen LogP contribution in [0.15, 0.2) is 157 Å². The second kappa shape index (κ2) is 28.1. The molecule has 73 heavy (non-hydrogen) atoms. The maximum atomic E-state index is 12.2. The number of esters is 2. The summed E-state index contributed by atoms with van der Waals surface area (Å²) in [5.41, 5.74) is 14.8. The molecule has 10 rings (SSSR count). The molecule has 5 aromatic carbocycles. The molecular weight excluding hydrogens is 1050 g/mol. The number of amides is 1. The van der Waals surface area contributed by atoms with E-state index in [1.807, 2.05) is 78.9 Å². The summed E-state index contributed by atoms with van der Waals surface area (Å²) in [7, 11) is 0. The Morgan fingerprint density at radius 2 is 1.12 bits per heavy atom. The minimum atomic E-state index is -0.799. The molecule has 15 nitrogen and oxygen atoms in total. The summed E-state index contributed by atoms with van der Waals surface area (Å²) in [5.74, 6) is 1.17. The van der Waals surface area contributed by atoms with Crippen LogP contribution in [0.4, 0.5) is 17.1 Å². The molecule has 1 saturated heterocycles. The quantitative estimate of drug-likeness (QED) is 0.0351. The Kier molecular flexibility index (Phi) is 21.1. The molecule has 9 aromatic rings. The van der Waals surface area contributed by atoms with Crippen molar-refractivity contribution >= 4 is 131 Å². The highest BCUT2D eigenvalue weighted by Gasteiger charge is 2.19. The van der Waals surface area contributed by atoms with Crippen molar-refractivity contribution in [2.75, 3.05) is 16.8 Å². The van der Waals surface area contributed by atoms with E-state index in [4.69, 9.17) is 60.9 Å². The summed E-state index contributed by atoms with van der Waals surface area (Å²) < 4.78 is 17.4.